The van der Waals surface area contributed by atoms with Gasteiger partial charge < -0.3 is 9.47 Å². The van der Waals surface area contributed by atoms with Gasteiger partial charge in [0.25, 0.3) is 0 Å². The molecule has 0 spiro atoms. The number of allylic oxidation sites excluding steroid dienone is 2. The first-order valence-corrected chi connectivity index (χ1v) is 9.14. The summed E-state index contributed by atoms with van der Waals surface area (Å²) < 4.78 is 10.9. The third-order valence-corrected chi connectivity index (χ3v) is 4.19. The van der Waals surface area contributed by atoms with Gasteiger partial charge in [-0.1, -0.05) is 48.6 Å². The van der Waals surface area contributed by atoms with Gasteiger partial charge in [0.15, 0.2) is 5.78 Å². The summed E-state index contributed by atoms with van der Waals surface area (Å²) >= 11 is 0. The lowest BCUT2D eigenvalue weighted by Crippen LogP contribution is -2.09. The van der Waals surface area contributed by atoms with Gasteiger partial charge in [-0.05, 0) is 44.0 Å². The minimum Gasteiger partial charge on any atom is -0.489 e. The van der Waals surface area contributed by atoms with Crippen molar-refractivity contribution in [2.24, 2.45) is 0 Å². The molecule has 0 bridgehead atoms. The predicted octanol–water partition coefficient (Wildman–Crippen LogP) is 5.08. The Bertz CT molecular complexity index is 773. The zero-order chi connectivity index (χ0) is 19.6. The molecule has 142 valence electrons. The van der Waals surface area contributed by atoms with Gasteiger partial charge in [-0.25, -0.2) is 0 Å². The van der Waals surface area contributed by atoms with Crippen molar-refractivity contribution in [1.29, 1.82) is 0 Å². The molecule has 0 heterocycles. The van der Waals surface area contributed by atoms with E-state index in [9.17, 15) is 9.59 Å². The molecule has 2 aromatic carbocycles. The van der Waals surface area contributed by atoms with Crippen LogP contribution in [-0.2, 0) is 16.1 Å². The molecule has 2 rings (SSSR count). The second kappa shape index (κ2) is 10.3. The Labute approximate surface area is 160 Å². The molecule has 4 heteroatoms. The smallest absolute Gasteiger partial charge is 0.306 e. The minimum absolute atomic E-state index is 0.0118. The van der Waals surface area contributed by atoms with Crippen LogP contribution in [0.1, 0.15) is 54.6 Å². The van der Waals surface area contributed by atoms with Crippen LogP contribution in [0, 0.1) is 0 Å². The molecule has 2 aromatic rings. The summed E-state index contributed by atoms with van der Waals surface area (Å²) in [6.45, 7) is 6.12. The lowest BCUT2D eigenvalue weighted by Gasteiger charge is -2.14. The van der Waals surface area contributed by atoms with E-state index in [1.165, 1.54) is 0 Å². The number of hydrogen-bond acceptors (Lipinski definition) is 4. The van der Waals surface area contributed by atoms with E-state index in [0.29, 0.717) is 25.2 Å². The van der Waals surface area contributed by atoms with Gasteiger partial charge in [-0.2, -0.15) is 0 Å². The number of carbonyl (C=O) groups excluding carboxylic acids is 2. The molecule has 0 aromatic heterocycles. The van der Waals surface area contributed by atoms with Crippen LogP contribution >= 0.6 is 0 Å². The van der Waals surface area contributed by atoms with Crippen LogP contribution in [0.5, 0.6) is 5.75 Å². The molecule has 4 nitrogen and oxygen atoms in total. The number of hydrogen-bond donors (Lipinski definition) is 0. The Balaban J connectivity index is 1.98. The van der Waals surface area contributed by atoms with E-state index in [2.05, 4.69) is 0 Å². The van der Waals surface area contributed by atoms with E-state index in [4.69, 9.17) is 9.47 Å². The second-order valence-corrected chi connectivity index (χ2v) is 6.25. The lowest BCUT2D eigenvalue weighted by molar-refractivity contribution is -0.143. The standard InChI is InChI=1S/C23H26O4/c1-4-6-21(15-23(25)26-5-2)20-11-13-22(14-12-20)27-16-18-7-9-19(10-8-18)17(3)24/h4,6-14,21H,5,15-16H2,1-3H3/t21-/m1/s1. The Morgan fingerprint density at radius 3 is 2.26 bits per heavy atom. The van der Waals surface area contributed by atoms with Crippen LogP contribution in [-0.4, -0.2) is 18.4 Å². The van der Waals surface area contributed by atoms with Gasteiger partial charge in [-0.3, -0.25) is 9.59 Å². The zero-order valence-corrected chi connectivity index (χ0v) is 16.1. The fraction of sp³-hybridized carbons (Fsp3) is 0.304. The van der Waals surface area contributed by atoms with Crippen LogP contribution in [0.15, 0.2) is 60.7 Å². The van der Waals surface area contributed by atoms with Gasteiger partial charge in [-0.15, -0.1) is 0 Å². The Hall–Kier alpha value is -2.88. The Morgan fingerprint density at radius 1 is 1.04 bits per heavy atom. The maximum Gasteiger partial charge on any atom is 0.306 e. The third-order valence-electron chi connectivity index (χ3n) is 4.19. The van der Waals surface area contributed by atoms with Crippen molar-refractivity contribution in [2.75, 3.05) is 6.61 Å². The van der Waals surface area contributed by atoms with E-state index in [1.807, 2.05) is 62.4 Å². The summed E-state index contributed by atoms with van der Waals surface area (Å²) in [6.07, 6.45) is 4.27. The van der Waals surface area contributed by atoms with Crippen molar-refractivity contribution < 1.29 is 19.1 Å². The van der Waals surface area contributed by atoms with E-state index >= 15 is 0 Å². The molecule has 0 saturated heterocycles. The molecule has 0 aliphatic rings. The molecule has 0 aliphatic heterocycles. The van der Waals surface area contributed by atoms with Crippen LogP contribution in [0.2, 0.25) is 0 Å². The number of Topliss-reactive ketones (excluding diaryl/α,β-unsaturated/α-hetero) is 1. The topological polar surface area (TPSA) is 52.6 Å². The quantitative estimate of drug-likeness (QED) is 0.353. The van der Waals surface area contributed by atoms with Crippen LogP contribution < -0.4 is 4.74 Å². The molecular weight excluding hydrogens is 340 g/mol. The molecule has 0 unspecified atom stereocenters. The van der Waals surface area contributed by atoms with Gasteiger partial charge in [0, 0.05) is 11.5 Å². The van der Waals surface area contributed by atoms with Gasteiger partial charge in [0.05, 0.1) is 13.0 Å². The molecule has 0 radical (unpaired) electrons. The number of ether oxygens (including phenoxy) is 2. The van der Waals surface area contributed by atoms with Crippen molar-refractivity contribution >= 4 is 11.8 Å². The fourth-order valence-electron chi connectivity index (χ4n) is 2.74. The number of benzene rings is 2. The Kier molecular flexibility index (Phi) is 7.80. The second-order valence-electron chi connectivity index (χ2n) is 6.25. The fourth-order valence-corrected chi connectivity index (χ4v) is 2.74. The summed E-state index contributed by atoms with van der Waals surface area (Å²) in [6, 6.07) is 15.2. The monoisotopic (exact) mass is 366 g/mol. The van der Waals surface area contributed by atoms with Crippen molar-refractivity contribution in [3.8, 4) is 5.75 Å². The van der Waals surface area contributed by atoms with Crippen molar-refractivity contribution in [3.63, 3.8) is 0 Å². The number of esters is 1. The number of ketones is 1. The summed E-state index contributed by atoms with van der Waals surface area (Å²) in [5, 5.41) is 0. The highest BCUT2D eigenvalue weighted by Gasteiger charge is 2.14. The van der Waals surface area contributed by atoms with E-state index in [1.54, 1.807) is 19.1 Å². The van der Waals surface area contributed by atoms with Crippen LogP contribution in [0.3, 0.4) is 0 Å². The Morgan fingerprint density at radius 2 is 1.70 bits per heavy atom. The summed E-state index contributed by atoms with van der Waals surface area (Å²) in [7, 11) is 0. The highest BCUT2D eigenvalue weighted by atomic mass is 16.5. The molecule has 0 fully saturated rings. The zero-order valence-electron chi connectivity index (χ0n) is 16.1. The van der Waals surface area contributed by atoms with E-state index in [-0.39, 0.29) is 17.7 Å². The SMILES string of the molecule is CC=C[C@H](CC(=O)OCC)c1ccc(OCc2ccc(C(C)=O)cc2)cc1. The predicted molar refractivity (Wildman–Crippen MR) is 106 cm³/mol. The number of carbonyl (C=O) groups is 2. The first-order valence-electron chi connectivity index (χ1n) is 9.14. The molecular formula is C23H26O4. The van der Waals surface area contributed by atoms with Crippen molar-refractivity contribution in [3.05, 3.63) is 77.4 Å². The molecule has 0 amide bonds. The third kappa shape index (κ3) is 6.41. The van der Waals surface area contributed by atoms with Crippen molar-refractivity contribution in [2.45, 2.75) is 39.7 Å². The molecule has 0 N–H and O–H groups in total. The highest BCUT2D eigenvalue weighted by Crippen LogP contribution is 2.25. The highest BCUT2D eigenvalue weighted by molar-refractivity contribution is 5.94. The van der Waals surface area contributed by atoms with E-state index < -0.39 is 0 Å². The van der Waals surface area contributed by atoms with Crippen LogP contribution in [0.25, 0.3) is 0 Å². The van der Waals surface area contributed by atoms with E-state index in [0.717, 1.165) is 16.9 Å². The van der Waals surface area contributed by atoms with Crippen LogP contribution in [0.4, 0.5) is 0 Å². The average Bonchev–Trinajstić information content (AvgIpc) is 2.67. The summed E-state index contributed by atoms with van der Waals surface area (Å²) in [4.78, 5) is 23.1. The van der Waals surface area contributed by atoms with Gasteiger partial charge in [0.2, 0.25) is 0 Å². The molecule has 0 saturated carbocycles. The summed E-state index contributed by atoms with van der Waals surface area (Å²) in [5.74, 6) is 0.596. The first-order chi connectivity index (χ1) is 13.0. The molecule has 27 heavy (non-hydrogen) atoms. The average molecular weight is 366 g/mol. The first kappa shape index (κ1) is 20.4. The molecule has 1 atom stereocenters. The molecule has 0 aliphatic carbocycles. The van der Waals surface area contributed by atoms with Gasteiger partial charge in [0.1, 0.15) is 12.4 Å². The van der Waals surface area contributed by atoms with Gasteiger partial charge >= 0.3 is 5.97 Å². The maximum absolute atomic E-state index is 11.8. The maximum atomic E-state index is 11.8. The number of rotatable bonds is 9. The van der Waals surface area contributed by atoms with Crippen molar-refractivity contribution in [1.82, 2.24) is 0 Å². The largest absolute Gasteiger partial charge is 0.489 e. The summed E-state index contributed by atoms with van der Waals surface area (Å²) in [5.41, 5.74) is 2.73. The normalized spacial score (nSPS) is 12.0. The lowest BCUT2D eigenvalue weighted by atomic mass is 9.95. The minimum atomic E-state index is -0.199.